The van der Waals surface area contributed by atoms with Crippen LogP contribution in [0.2, 0.25) is 0 Å². The molecule has 0 aliphatic heterocycles. The Hall–Kier alpha value is -2.02. The van der Waals surface area contributed by atoms with Crippen molar-refractivity contribution in [2.24, 2.45) is 0 Å². The van der Waals surface area contributed by atoms with Crippen LogP contribution in [0.1, 0.15) is 58.2 Å². The van der Waals surface area contributed by atoms with Gasteiger partial charge in [-0.1, -0.05) is 77.9 Å². The fraction of sp³-hybridized carbons (Fsp3) is 0.364. The topological polar surface area (TPSA) is 9.23 Å². The molecule has 0 fully saturated rings. The Morgan fingerprint density at radius 1 is 0.739 bits per heavy atom. The van der Waals surface area contributed by atoms with Crippen LogP contribution >= 0.6 is 0 Å². The molecule has 2 aromatic rings. The number of hydrogen-bond acceptors (Lipinski definition) is 1. The predicted octanol–water partition coefficient (Wildman–Crippen LogP) is 6.33. The molecular formula is C22H28O. The highest BCUT2D eigenvalue weighted by molar-refractivity contribution is 5.48. The second kappa shape index (κ2) is 6.62. The van der Waals surface area contributed by atoms with Gasteiger partial charge in [0.15, 0.2) is 0 Å². The van der Waals surface area contributed by atoms with Gasteiger partial charge < -0.3 is 4.74 Å². The second-order valence-electron chi connectivity index (χ2n) is 8.08. The van der Waals surface area contributed by atoms with E-state index in [2.05, 4.69) is 71.9 Å². The maximum Gasteiger partial charge on any atom is 0.127 e. The molecule has 1 heteroatoms. The summed E-state index contributed by atoms with van der Waals surface area (Å²) >= 11 is 0. The van der Waals surface area contributed by atoms with Crippen molar-refractivity contribution in [2.75, 3.05) is 0 Å². The summed E-state index contributed by atoms with van der Waals surface area (Å²) in [4.78, 5) is 0. The lowest BCUT2D eigenvalue weighted by molar-refractivity contribution is 0.475. The Morgan fingerprint density at radius 2 is 1.26 bits per heavy atom. The summed E-state index contributed by atoms with van der Waals surface area (Å²) in [5, 5.41) is 0. The molecule has 2 rings (SSSR count). The molecule has 0 radical (unpaired) electrons. The highest BCUT2D eigenvalue weighted by Crippen LogP contribution is 2.33. The van der Waals surface area contributed by atoms with Crippen molar-refractivity contribution in [3.63, 3.8) is 0 Å². The number of ether oxygens (including phenoxy) is 1. The fourth-order valence-electron chi connectivity index (χ4n) is 2.29. The van der Waals surface area contributed by atoms with Crippen molar-refractivity contribution in [1.82, 2.24) is 0 Å². The monoisotopic (exact) mass is 308 g/mol. The summed E-state index contributed by atoms with van der Waals surface area (Å²) in [5.74, 6) is 0.898. The lowest BCUT2D eigenvalue weighted by Crippen LogP contribution is -2.16. The Kier molecular flexibility index (Phi) is 4.99. The van der Waals surface area contributed by atoms with E-state index in [1.807, 2.05) is 24.3 Å². The third kappa shape index (κ3) is 4.99. The molecule has 0 spiro atoms. The minimum absolute atomic E-state index is 0.0997. The zero-order chi connectivity index (χ0) is 17.1. The van der Waals surface area contributed by atoms with Crippen LogP contribution < -0.4 is 4.74 Å². The van der Waals surface area contributed by atoms with Crippen LogP contribution in [-0.2, 0) is 10.8 Å². The lowest BCUT2D eigenvalue weighted by atomic mass is 9.80. The first kappa shape index (κ1) is 17.3. The van der Waals surface area contributed by atoms with Crippen LogP contribution in [0.15, 0.2) is 54.8 Å². The first-order valence-corrected chi connectivity index (χ1v) is 8.20. The average Bonchev–Trinajstić information content (AvgIpc) is 2.46. The third-order valence-corrected chi connectivity index (χ3v) is 3.90. The zero-order valence-corrected chi connectivity index (χ0v) is 15.2. The fourth-order valence-corrected chi connectivity index (χ4v) is 2.29. The van der Waals surface area contributed by atoms with Gasteiger partial charge in [-0.25, -0.2) is 0 Å². The van der Waals surface area contributed by atoms with Crippen LogP contribution in [0.3, 0.4) is 0 Å². The molecule has 0 amide bonds. The van der Waals surface area contributed by atoms with E-state index < -0.39 is 0 Å². The van der Waals surface area contributed by atoms with Gasteiger partial charge in [0.2, 0.25) is 0 Å². The molecule has 2 aromatic carbocycles. The molecule has 0 aromatic heterocycles. The van der Waals surface area contributed by atoms with Crippen molar-refractivity contribution < 1.29 is 4.74 Å². The quantitative estimate of drug-likeness (QED) is 0.602. The molecular weight excluding hydrogens is 280 g/mol. The van der Waals surface area contributed by atoms with Crippen molar-refractivity contribution in [3.8, 4) is 5.75 Å². The normalized spacial score (nSPS) is 12.6. The maximum absolute atomic E-state index is 5.90. The molecule has 0 atom stereocenters. The molecule has 1 nitrogen and oxygen atoms in total. The third-order valence-electron chi connectivity index (χ3n) is 3.90. The van der Waals surface area contributed by atoms with Crippen molar-refractivity contribution >= 4 is 6.08 Å². The van der Waals surface area contributed by atoms with Crippen molar-refractivity contribution in [3.05, 3.63) is 71.5 Å². The van der Waals surface area contributed by atoms with Gasteiger partial charge in [0.1, 0.15) is 5.75 Å². The van der Waals surface area contributed by atoms with Crippen LogP contribution in [-0.4, -0.2) is 0 Å². The highest BCUT2D eigenvalue weighted by Gasteiger charge is 2.20. The van der Waals surface area contributed by atoms with Crippen LogP contribution in [0, 0.1) is 0 Å². The highest BCUT2D eigenvalue weighted by atomic mass is 16.5. The molecule has 0 heterocycles. The van der Waals surface area contributed by atoms with E-state index in [-0.39, 0.29) is 10.8 Å². The van der Waals surface area contributed by atoms with E-state index in [4.69, 9.17) is 4.74 Å². The molecule has 23 heavy (non-hydrogen) atoms. The maximum atomic E-state index is 5.90. The minimum atomic E-state index is 0.0997. The second-order valence-corrected chi connectivity index (χ2v) is 8.08. The molecule has 0 saturated carbocycles. The summed E-state index contributed by atoms with van der Waals surface area (Å²) in [5.41, 5.74) is 3.93. The van der Waals surface area contributed by atoms with Gasteiger partial charge in [0.05, 0.1) is 6.26 Å². The zero-order valence-electron chi connectivity index (χ0n) is 15.2. The van der Waals surface area contributed by atoms with Gasteiger partial charge in [-0.15, -0.1) is 0 Å². The van der Waals surface area contributed by atoms with E-state index in [9.17, 15) is 0 Å². The predicted molar refractivity (Wildman–Crippen MR) is 99.9 cm³/mol. The molecule has 0 saturated heterocycles. The molecule has 0 unspecified atom stereocenters. The average molecular weight is 308 g/mol. The summed E-state index contributed by atoms with van der Waals surface area (Å²) in [6, 6.07) is 16.8. The number of rotatable bonds is 3. The first-order chi connectivity index (χ1) is 10.7. The first-order valence-electron chi connectivity index (χ1n) is 8.20. The minimum Gasteiger partial charge on any atom is -0.465 e. The van der Waals surface area contributed by atoms with Crippen LogP contribution in [0.5, 0.6) is 5.75 Å². The van der Waals surface area contributed by atoms with Gasteiger partial charge in [0, 0.05) is 0 Å². The lowest BCUT2D eigenvalue weighted by Gasteiger charge is -2.25. The SMILES string of the molecule is CC(C)(C)c1cc(O/C=C/c2ccccc2)cc(C(C)(C)C)c1. The molecule has 0 aliphatic carbocycles. The van der Waals surface area contributed by atoms with E-state index in [1.54, 1.807) is 6.26 Å². The van der Waals surface area contributed by atoms with Crippen LogP contribution in [0.4, 0.5) is 0 Å². The largest absolute Gasteiger partial charge is 0.465 e. The molecule has 122 valence electrons. The number of hydrogen-bond donors (Lipinski definition) is 0. The van der Waals surface area contributed by atoms with Crippen LogP contribution in [0.25, 0.3) is 6.08 Å². The molecule has 0 bridgehead atoms. The number of benzene rings is 2. The van der Waals surface area contributed by atoms with E-state index in [0.29, 0.717) is 0 Å². The Labute approximate surface area is 141 Å². The summed E-state index contributed by atoms with van der Waals surface area (Å²) in [7, 11) is 0. The summed E-state index contributed by atoms with van der Waals surface area (Å²) in [6.07, 6.45) is 3.75. The Balaban J connectivity index is 2.29. The van der Waals surface area contributed by atoms with E-state index in [0.717, 1.165) is 11.3 Å². The van der Waals surface area contributed by atoms with Gasteiger partial charge in [0.25, 0.3) is 0 Å². The molecule has 0 N–H and O–H groups in total. The summed E-state index contributed by atoms with van der Waals surface area (Å²) in [6.45, 7) is 13.4. The summed E-state index contributed by atoms with van der Waals surface area (Å²) < 4.78 is 5.90. The van der Waals surface area contributed by atoms with E-state index in [1.165, 1.54) is 11.1 Å². The smallest absolute Gasteiger partial charge is 0.127 e. The molecule has 0 aliphatic rings. The Bertz CT molecular complexity index is 635. The Morgan fingerprint density at radius 3 is 1.74 bits per heavy atom. The van der Waals surface area contributed by atoms with E-state index >= 15 is 0 Å². The van der Waals surface area contributed by atoms with Gasteiger partial charge in [-0.05, 0) is 45.7 Å². The van der Waals surface area contributed by atoms with Crippen molar-refractivity contribution in [2.45, 2.75) is 52.4 Å². The van der Waals surface area contributed by atoms with Crippen molar-refractivity contribution in [1.29, 1.82) is 0 Å². The van der Waals surface area contributed by atoms with Gasteiger partial charge in [-0.3, -0.25) is 0 Å². The van der Waals surface area contributed by atoms with Gasteiger partial charge >= 0.3 is 0 Å². The van der Waals surface area contributed by atoms with Gasteiger partial charge in [-0.2, -0.15) is 0 Å². The standard InChI is InChI=1S/C22H28O/c1-21(2,3)18-14-19(22(4,5)6)16-20(15-18)23-13-12-17-10-8-7-9-11-17/h7-16H,1-6H3/b13-12+.